The van der Waals surface area contributed by atoms with Crippen LogP contribution in [0.1, 0.15) is 0 Å². The van der Waals surface area contributed by atoms with Gasteiger partial charge < -0.3 is 15.5 Å². The summed E-state index contributed by atoms with van der Waals surface area (Å²) in [6, 6.07) is 15.6. The van der Waals surface area contributed by atoms with Gasteiger partial charge in [0.25, 0.3) is 0 Å². The summed E-state index contributed by atoms with van der Waals surface area (Å²) in [5, 5.41) is 3.18. The quantitative estimate of drug-likeness (QED) is 0.551. The summed E-state index contributed by atoms with van der Waals surface area (Å²) in [7, 11) is 0. The predicted octanol–water partition coefficient (Wildman–Crippen LogP) is 3.62. The maximum absolute atomic E-state index is 11.5. The normalized spacial score (nSPS) is 14.3. The minimum atomic E-state index is -0.378. The van der Waals surface area contributed by atoms with Gasteiger partial charge in [-0.1, -0.05) is 36.4 Å². The number of primary amides is 1. The molecular weight excluding hydrogens is 396 g/mol. The molecule has 0 unspecified atom stereocenters. The summed E-state index contributed by atoms with van der Waals surface area (Å²) in [4.78, 5) is 30.6. The topological polar surface area (TPSA) is 88.2 Å². The van der Waals surface area contributed by atoms with Crippen molar-refractivity contribution in [3.05, 3.63) is 60.1 Å². The number of aromatic nitrogens is 3. The molecule has 5 rings (SSSR count). The molecule has 2 N–H and O–H groups in total. The van der Waals surface area contributed by atoms with E-state index in [0.717, 1.165) is 32.9 Å². The second-order valence-corrected chi connectivity index (χ2v) is 7.95. The van der Waals surface area contributed by atoms with E-state index in [-0.39, 0.29) is 6.03 Å². The summed E-state index contributed by atoms with van der Waals surface area (Å²) in [5.41, 5.74) is 8.46. The smallest absolute Gasteiger partial charge is 0.314 e. The first-order chi connectivity index (χ1) is 14.7. The molecule has 30 heavy (non-hydrogen) atoms. The number of nitrogens with zero attached hydrogens (tertiary/aromatic N) is 5. The molecular formula is C22H20N6OS. The fraction of sp³-hybridized carbons (Fsp3) is 0.182. The molecule has 4 heterocycles. The number of carbonyl (C=O) groups is 1. The number of urea groups is 1. The number of hydrogen-bond donors (Lipinski definition) is 1. The minimum Gasteiger partial charge on any atom is -0.352 e. The molecule has 0 saturated carbocycles. The number of amides is 2. The number of hydrogen-bond acceptors (Lipinski definition) is 6. The third kappa shape index (κ3) is 3.35. The van der Waals surface area contributed by atoms with Gasteiger partial charge in [-0.25, -0.2) is 14.8 Å². The number of anilines is 1. The number of carbonyl (C=O) groups excluding carboxylic acids is 1. The summed E-state index contributed by atoms with van der Waals surface area (Å²) in [6.07, 6.45) is 1.75. The highest BCUT2D eigenvalue weighted by Crippen LogP contribution is 2.39. The molecule has 3 aromatic heterocycles. The van der Waals surface area contributed by atoms with Crippen LogP contribution in [0.15, 0.2) is 60.1 Å². The van der Waals surface area contributed by atoms with Crippen molar-refractivity contribution in [3.8, 4) is 22.6 Å². The van der Waals surface area contributed by atoms with Gasteiger partial charge in [0.2, 0.25) is 0 Å². The molecule has 0 aliphatic carbocycles. The predicted molar refractivity (Wildman–Crippen MR) is 119 cm³/mol. The summed E-state index contributed by atoms with van der Waals surface area (Å²) < 4.78 is 0. The lowest BCUT2D eigenvalue weighted by atomic mass is 10.1. The van der Waals surface area contributed by atoms with Crippen molar-refractivity contribution in [2.45, 2.75) is 0 Å². The zero-order valence-electron chi connectivity index (χ0n) is 16.2. The van der Waals surface area contributed by atoms with Crippen molar-refractivity contribution in [1.82, 2.24) is 19.9 Å². The van der Waals surface area contributed by atoms with Gasteiger partial charge >= 0.3 is 6.03 Å². The van der Waals surface area contributed by atoms with Crippen molar-refractivity contribution >= 4 is 33.4 Å². The molecule has 7 nitrogen and oxygen atoms in total. The molecule has 0 bridgehead atoms. The Morgan fingerprint density at radius 2 is 1.73 bits per heavy atom. The zero-order valence-corrected chi connectivity index (χ0v) is 17.0. The highest BCUT2D eigenvalue weighted by Gasteiger charge is 2.25. The van der Waals surface area contributed by atoms with E-state index < -0.39 is 0 Å². The van der Waals surface area contributed by atoms with Gasteiger partial charge in [0.15, 0.2) is 5.82 Å². The number of benzene rings is 1. The monoisotopic (exact) mass is 416 g/mol. The number of nitrogens with two attached hydrogens (primary N) is 1. The fourth-order valence-electron chi connectivity index (χ4n) is 3.73. The second-order valence-electron chi connectivity index (χ2n) is 7.09. The molecule has 0 atom stereocenters. The standard InChI is InChI=1S/C22H20N6OS/c23-22(29)28-12-10-27(11-13-28)20-18-16(15-6-2-1-3-7-15)14-30-21(18)26-19(25-20)17-8-4-5-9-24-17/h1-9,14H,10-13H2,(H2,23,29). The number of pyridine rings is 1. The van der Waals surface area contributed by atoms with Crippen molar-refractivity contribution in [2.75, 3.05) is 31.1 Å². The average Bonchev–Trinajstić information content (AvgIpc) is 3.24. The van der Waals surface area contributed by atoms with Crippen molar-refractivity contribution < 1.29 is 4.79 Å². The van der Waals surface area contributed by atoms with E-state index in [1.165, 1.54) is 0 Å². The van der Waals surface area contributed by atoms with Crippen LogP contribution in [0.4, 0.5) is 10.6 Å². The molecule has 1 saturated heterocycles. The molecule has 1 aliphatic heterocycles. The van der Waals surface area contributed by atoms with Crippen LogP contribution >= 0.6 is 11.3 Å². The Labute approximate surface area is 177 Å². The van der Waals surface area contributed by atoms with Crippen LogP contribution in [-0.2, 0) is 0 Å². The minimum absolute atomic E-state index is 0.378. The SMILES string of the molecule is NC(=O)N1CCN(c2nc(-c3ccccn3)nc3scc(-c4ccccc4)c23)CC1. The molecule has 1 fully saturated rings. The Bertz CT molecular complexity index is 1190. The zero-order chi connectivity index (χ0) is 20.5. The first-order valence-corrected chi connectivity index (χ1v) is 10.6. The molecule has 1 aromatic carbocycles. The number of thiophene rings is 1. The largest absolute Gasteiger partial charge is 0.352 e. The van der Waals surface area contributed by atoms with E-state index >= 15 is 0 Å². The van der Waals surface area contributed by atoms with Crippen molar-refractivity contribution in [2.24, 2.45) is 5.73 Å². The van der Waals surface area contributed by atoms with Gasteiger partial charge in [-0.15, -0.1) is 11.3 Å². The first kappa shape index (κ1) is 18.5. The summed E-state index contributed by atoms with van der Waals surface area (Å²) >= 11 is 1.61. The number of rotatable bonds is 3. The first-order valence-electron chi connectivity index (χ1n) is 9.76. The van der Waals surface area contributed by atoms with Gasteiger partial charge in [-0.3, -0.25) is 4.98 Å². The lowest BCUT2D eigenvalue weighted by Gasteiger charge is -2.35. The maximum atomic E-state index is 11.5. The van der Waals surface area contributed by atoms with Crippen LogP contribution in [0.3, 0.4) is 0 Å². The van der Waals surface area contributed by atoms with Crippen molar-refractivity contribution in [1.29, 1.82) is 0 Å². The van der Waals surface area contributed by atoms with Crippen LogP contribution in [-0.4, -0.2) is 52.1 Å². The van der Waals surface area contributed by atoms with Crippen molar-refractivity contribution in [3.63, 3.8) is 0 Å². The Morgan fingerprint density at radius 3 is 2.43 bits per heavy atom. The Morgan fingerprint density at radius 1 is 0.967 bits per heavy atom. The van der Waals surface area contributed by atoms with Crippen LogP contribution in [0.5, 0.6) is 0 Å². The van der Waals surface area contributed by atoms with Gasteiger partial charge in [0.1, 0.15) is 16.3 Å². The van der Waals surface area contributed by atoms with E-state index in [4.69, 9.17) is 15.7 Å². The molecule has 8 heteroatoms. The molecule has 0 radical (unpaired) electrons. The fourth-order valence-corrected chi connectivity index (χ4v) is 4.67. The molecule has 2 amide bonds. The van der Waals surface area contributed by atoms with E-state index in [0.29, 0.717) is 32.0 Å². The van der Waals surface area contributed by atoms with E-state index in [9.17, 15) is 4.79 Å². The van der Waals surface area contributed by atoms with Crippen LogP contribution in [0.2, 0.25) is 0 Å². The van der Waals surface area contributed by atoms with E-state index in [2.05, 4.69) is 27.4 Å². The van der Waals surface area contributed by atoms with E-state index in [1.807, 2.05) is 36.4 Å². The highest BCUT2D eigenvalue weighted by molar-refractivity contribution is 7.17. The van der Waals surface area contributed by atoms with Crippen LogP contribution in [0.25, 0.3) is 32.9 Å². The lowest BCUT2D eigenvalue weighted by Crippen LogP contribution is -2.50. The van der Waals surface area contributed by atoms with Crippen LogP contribution < -0.4 is 10.6 Å². The van der Waals surface area contributed by atoms with Gasteiger partial charge in [0.05, 0.1) is 5.39 Å². The van der Waals surface area contributed by atoms with Gasteiger partial charge in [0, 0.05) is 43.3 Å². The Kier molecular flexibility index (Phi) is 4.76. The third-order valence-electron chi connectivity index (χ3n) is 5.28. The third-order valence-corrected chi connectivity index (χ3v) is 6.16. The molecule has 150 valence electrons. The van der Waals surface area contributed by atoms with Gasteiger partial charge in [-0.05, 0) is 17.7 Å². The average molecular weight is 417 g/mol. The summed E-state index contributed by atoms with van der Waals surface area (Å²) in [6.45, 7) is 2.48. The summed E-state index contributed by atoms with van der Waals surface area (Å²) in [5.74, 6) is 1.49. The highest BCUT2D eigenvalue weighted by atomic mass is 32.1. The number of fused-ring (bicyclic) bond motifs is 1. The van der Waals surface area contributed by atoms with E-state index in [1.54, 1.807) is 22.4 Å². The number of piperazine rings is 1. The molecule has 0 spiro atoms. The lowest BCUT2D eigenvalue weighted by molar-refractivity contribution is 0.204. The Balaban J connectivity index is 1.65. The Hall–Kier alpha value is -3.52. The second kappa shape index (κ2) is 7.72. The molecule has 1 aliphatic rings. The van der Waals surface area contributed by atoms with Gasteiger partial charge in [-0.2, -0.15) is 0 Å². The molecule has 4 aromatic rings. The maximum Gasteiger partial charge on any atom is 0.314 e. The van der Waals surface area contributed by atoms with Crippen LogP contribution in [0, 0.1) is 0 Å².